The first-order valence-corrected chi connectivity index (χ1v) is 13.6. The van der Waals surface area contributed by atoms with Crippen LogP contribution in [0.5, 0.6) is 0 Å². The molecule has 214 valence electrons. The summed E-state index contributed by atoms with van der Waals surface area (Å²) in [6.45, 7) is 9.31. The number of hydrogen-bond donors (Lipinski definition) is 1. The second-order valence-corrected chi connectivity index (χ2v) is 12.3. The molecule has 41 heavy (non-hydrogen) atoms. The number of hydrogen-bond acceptors (Lipinski definition) is 8. The van der Waals surface area contributed by atoms with E-state index in [-0.39, 0.29) is 23.8 Å². The van der Waals surface area contributed by atoms with Crippen molar-refractivity contribution in [1.29, 1.82) is 0 Å². The molecule has 2 aromatic rings. The molecule has 2 aliphatic carbocycles. The molecular weight excluding hydrogens is 526 g/mol. The van der Waals surface area contributed by atoms with Crippen LogP contribution in [-0.4, -0.2) is 63.8 Å². The number of Topliss-reactive ketones (excluding diaryl/α,β-unsaturated/α-hetero) is 1. The summed E-state index contributed by atoms with van der Waals surface area (Å²) in [5.74, 6) is -1.92. The number of fused-ring (bicyclic) bond motifs is 2. The molecule has 1 aromatic heterocycles. The van der Waals surface area contributed by atoms with Crippen LogP contribution in [0.4, 0.5) is 10.5 Å². The van der Waals surface area contributed by atoms with Gasteiger partial charge in [-0.15, -0.1) is 0 Å². The molecular formula is C31H33N3O7. The highest BCUT2D eigenvalue weighted by Crippen LogP contribution is 2.58. The zero-order valence-corrected chi connectivity index (χ0v) is 23.9. The number of allylic oxidation sites excluding steroid dienone is 1. The Morgan fingerprint density at radius 3 is 2.44 bits per heavy atom. The standard InChI is InChI=1S/C31H33N3O7/c1-29(2,3)41-28(38)33-15-11-19-22-25(33)31(5,39-6)14-13-30(22,4)26(36)21-23(19)34(27(37)24(21)35)18-9-7-17(8-10-18)20-12-16-40-32-20/h7-10,12-14,16,19,23,35H,11,15H2,1-6H3. The third-order valence-electron chi connectivity index (χ3n) is 8.59. The van der Waals surface area contributed by atoms with E-state index in [1.807, 2.05) is 19.1 Å². The fraction of sp³-hybridized carbons (Fsp3) is 0.419. The van der Waals surface area contributed by atoms with Gasteiger partial charge in [0.25, 0.3) is 5.91 Å². The Bertz CT molecular complexity index is 1550. The van der Waals surface area contributed by atoms with Crippen LogP contribution in [0.2, 0.25) is 0 Å². The van der Waals surface area contributed by atoms with Crippen molar-refractivity contribution in [1.82, 2.24) is 10.1 Å². The highest BCUT2D eigenvalue weighted by molar-refractivity contribution is 6.20. The molecule has 1 aromatic carbocycles. The van der Waals surface area contributed by atoms with Gasteiger partial charge in [0, 0.05) is 36.9 Å². The maximum absolute atomic E-state index is 14.3. The molecule has 10 nitrogen and oxygen atoms in total. The highest BCUT2D eigenvalue weighted by atomic mass is 16.6. The predicted molar refractivity (Wildman–Crippen MR) is 149 cm³/mol. The number of benzene rings is 1. The molecule has 1 N–H and O–H groups in total. The summed E-state index contributed by atoms with van der Waals surface area (Å²) in [6, 6.07) is 8.14. The lowest BCUT2D eigenvalue weighted by Gasteiger charge is -2.54. The van der Waals surface area contributed by atoms with E-state index in [2.05, 4.69) is 5.16 Å². The number of aliphatic hydroxyl groups excluding tert-OH is 1. The first kappa shape index (κ1) is 27.0. The molecule has 1 fully saturated rings. The van der Waals surface area contributed by atoms with Crippen LogP contribution in [0.25, 0.3) is 11.3 Å². The first-order valence-electron chi connectivity index (χ1n) is 13.6. The van der Waals surface area contributed by atoms with Gasteiger partial charge in [-0.2, -0.15) is 0 Å². The fourth-order valence-corrected chi connectivity index (χ4v) is 6.64. The molecule has 6 rings (SSSR count). The van der Waals surface area contributed by atoms with Crippen molar-refractivity contribution < 1.29 is 33.5 Å². The summed E-state index contributed by atoms with van der Waals surface area (Å²) in [7, 11) is 1.56. The highest BCUT2D eigenvalue weighted by Gasteiger charge is 2.62. The van der Waals surface area contributed by atoms with Gasteiger partial charge in [-0.25, -0.2) is 4.79 Å². The van der Waals surface area contributed by atoms with E-state index in [0.717, 1.165) is 5.56 Å². The summed E-state index contributed by atoms with van der Waals surface area (Å²) in [4.78, 5) is 44.4. The monoisotopic (exact) mass is 559 g/mol. The Morgan fingerprint density at radius 1 is 1.12 bits per heavy atom. The molecule has 2 aliphatic heterocycles. The Labute approximate surface area is 237 Å². The Hall–Kier alpha value is -4.18. The number of carbonyl (C=O) groups excluding carboxylic acids is 3. The topological polar surface area (TPSA) is 122 Å². The van der Waals surface area contributed by atoms with Gasteiger partial charge < -0.3 is 19.1 Å². The lowest BCUT2D eigenvalue weighted by molar-refractivity contribution is -0.123. The SMILES string of the molecule is COC1(C)C=CC2(C)C(=O)C3=C(O)C(=O)N(c4ccc(-c5ccon5)cc4)C3C3CCN(C(=O)OC(C)(C)C)C1=C32. The van der Waals surface area contributed by atoms with E-state index in [9.17, 15) is 19.5 Å². The van der Waals surface area contributed by atoms with E-state index in [1.54, 1.807) is 70.1 Å². The summed E-state index contributed by atoms with van der Waals surface area (Å²) in [6.07, 6.45) is 4.95. The second kappa shape index (κ2) is 8.91. The van der Waals surface area contributed by atoms with Crippen molar-refractivity contribution in [3.63, 3.8) is 0 Å². The van der Waals surface area contributed by atoms with Gasteiger partial charge in [-0.1, -0.05) is 23.4 Å². The molecule has 4 atom stereocenters. The number of aromatic nitrogens is 1. The smallest absolute Gasteiger partial charge is 0.414 e. The number of nitrogens with zero attached hydrogens (tertiary/aromatic N) is 3. The number of ether oxygens (including phenoxy) is 2. The number of anilines is 1. The van der Waals surface area contributed by atoms with Crippen molar-refractivity contribution in [2.24, 2.45) is 11.3 Å². The minimum absolute atomic E-state index is 0.0996. The minimum atomic E-state index is -1.19. The zero-order chi connectivity index (χ0) is 29.5. The first-order chi connectivity index (χ1) is 19.3. The number of amides is 2. The van der Waals surface area contributed by atoms with Crippen molar-refractivity contribution >= 4 is 23.5 Å². The summed E-state index contributed by atoms with van der Waals surface area (Å²) in [5.41, 5.74) is 0.370. The largest absolute Gasteiger partial charge is 0.503 e. The van der Waals surface area contributed by atoms with Crippen LogP contribution < -0.4 is 4.90 Å². The van der Waals surface area contributed by atoms with Gasteiger partial charge in [0.2, 0.25) is 0 Å². The van der Waals surface area contributed by atoms with Crippen molar-refractivity contribution in [2.75, 3.05) is 18.6 Å². The molecule has 3 heterocycles. The third kappa shape index (κ3) is 3.88. The van der Waals surface area contributed by atoms with Crippen molar-refractivity contribution in [3.8, 4) is 11.3 Å². The van der Waals surface area contributed by atoms with Crippen LogP contribution in [-0.2, 0) is 19.1 Å². The van der Waals surface area contributed by atoms with Gasteiger partial charge in [0.05, 0.1) is 22.7 Å². The average Bonchev–Trinajstić information content (AvgIpc) is 3.56. The Morgan fingerprint density at radius 2 is 1.83 bits per heavy atom. The van der Waals surface area contributed by atoms with Gasteiger partial charge in [-0.05, 0) is 64.8 Å². The molecule has 0 saturated heterocycles. The molecule has 1 saturated carbocycles. The van der Waals surface area contributed by atoms with Gasteiger partial charge in [-0.3, -0.25) is 19.4 Å². The second-order valence-electron chi connectivity index (χ2n) is 12.3. The molecule has 2 amide bonds. The van der Waals surface area contributed by atoms with E-state index >= 15 is 0 Å². The summed E-state index contributed by atoms with van der Waals surface area (Å²) in [5, 5.41) is 15.1. The third-order valence-corrected chi connectivity index (χ3v) is 8.59. The number of rotatable bonds is 3. The van der Waals surface area contributed by atoms with Crippen LogP contribution in [0, 0.1) is 11.3 Å². The van der Waals surface area contributed by atoms with Crippen LogP contribution in [0.15, 0.2) is 75.9 Å². The van der Waals surface area contributed by atoms with Crippen LogP contribution >= 0.6 is 0 Å². The van der Waals surface area contributed by atoms with E-state index in [4.69, 9.17) is 14.0 Å². The Kier molecular flexibility index (Phi) is 5.87. The predicted octanol–water partition coefficient (Wildman–Crippen LogP) is 4.94. The lowest BCUT2D eigenvalue weighted by Crippen LogP contribution is -2.59. The maximum Gasteiger partial charge on any atom is 0.414 e. The van der Waals surface area contributed by atoms with E-state index < -0.39 is 40.4 Å². The number of carbonyl (C=O) groups is 3. The molecule has 0 bridgehead atoms. The average molecular weight is 560 g/mol. The van der Waals surface area contributed by atoms with Crippen LogP contribution in [0.3, 0.4) is 0 Å². The van der Waals surface area contributed by atoms with E-state index in [1.165, 1.54) is 11.2 Å². The van der Waals surface area contributed by atoms with Crippen molar-refractivity contribution in [2.45, 2.75) is 58.3 Å². The number of ketones is 1. The summed E-state index contributed by atoms with van der Waals surface area (Å²) < 4.78 is 16.7. The summed E-state index contributed by atoms with van der Waals surface area (Å²) >= 11 is 0. The van der Waals surface area contributed by atoms with Crippen LogP contribution in [0.1, 0.15) is 41.0 Å². The molecule has 0 radical (unpaired) electrons. The molecule has 10 heteroatoms. The minimum Gasteiger partial charge on any atom is -0.503 e. The zero-order valence-electron chi connectivity index (χ0n) is 23.9. The molecule has 0 spiro atoms. The number of methoxy groups -OCH3 is 1. The quantitative estimate of drug-likeness (QED) is 0.525. The van der Waals surface area contributed by atoms with E-state index in [0.29, 0.717) is 29.1 Å². The molecule has 4 aliphatic rings. The maximum atomic E-state index is 14.3. The molecule has 4 unspecified atom stereocenters. The van der Waals surface area contributed by atoms with Gasteiger partial charge >= 0.3 is 6.09 Å². The lowest BCUT2D eigenvalue weighted by atomic mass is 9.56. The number of aliphatic hydroxyl groups is 1. The normalized spacial score (nSPS) is 29.2. The van der Waals surface area contributed by atoms with Gasteiger partial charge in [0.15, 0.2) is 11.5 Å². The van der Waals surface area contributed by atoms with Gasteiger partial charge in [0.1, 0.15) is 23.2 Å². The Balaban J connectivity index is 1.50. The van der Waals surface area contributed by atoms with Crippen molar-refractivity contribution in [3.05, 3.63) is 71.3 Å². The fourth-order valence-electron chi connectivity index (χ4n) is 6.64.